The lowest BCUT2D eigenvalue weighted by atomic mass is 9.80. The highest BCUT2D eigenvalue weighted by Gasteiger charge is 2.28. The Labute approximate surface area is 133 Å². The van der Waals surface area contributed by atoms with Gasteiger partial charge < -0.3 is 10.2 Å². The first-order valence-electron chi connectivity index (χ1n) is 8.48. The smallest absolute Gasteiger partial charge is 0.0498 e. The number of rotatable bonds is 10. The molecule has 2 nitrogen and oxygen atoms in total. The van der Waals surface area contributed by atoms with Gasteiger partial charge in [-0.1, -0.05) is 67.0 Å². The van der Waals surface area contributed by atoms with Gasteiger partial charge in [0.2, 0.25) is 0 Å². The van der Waals surface area contributed by atoms with Gasteiger partial charge in [-0.3, -0.25) is 0 Å². The van der Waals surface area contributed by atoms with E-state index in [0.717, 1.165) is 6.42 Å². The van der Waals surface area contributed by atoms with Gasteiger partial charge in [0.1, 0.15) is 0 Å². The molecule has 0 heterocycles. The Morgan fingerprint density at radius 1 is 1.14 bits per heavy atom. The second kappa shape index (κ2) is 9.30. The summed E-state index contributed by atoms with van der Waals surface area (Å²) in [5.41, 5.74) is 2.62. The Bertz CT molecular complexity index is 321. The van der Waals surface area contributed by atoms with Crippen molar-refractivity contribution in [3.8, 4) is 0 Å². The van der Waals surface area contributed by atoms with Crippen molar-refractivity contribution in [2.75, 3.05) is 14.1 Å². The summed E-state index contributed by atoms with van der Waals surface area (Å²) in [6, 6.07) is 0.725. The summed E-state index contributed by atoms with van der Waals surface area (Å²) in [4.78, 5) is 2.36. The normalized spacial score (nSPS) is 14.6. The maximum Gasteiger partial charge on any atom is 0.0498 e. The monoisotopic (exact) mass is 294 g/mol. The highest BCUT2D eigenvalue weighted by atomic mass is 15.2. The second-order valence-corrected chi connectivity index (χ2v) is 7.14. The van der Waals surface area contributed by atoms with E-state index in [-0.39, 0.29) is 5.41 Å². The molecule has 0 aromatic heterocycles. The Morgan fingerprint density at radius 3 is 2.10 bits per heavy atom. The van der Waals surface area contributed by atoms with Crippen LogP contribution in [0.3, 0.4) is 0 Å². The van der Waals surface area contributed by atoms with E-state index in [4.69, 9.17) is 0 Å². The molecule has 0 fully saturated rings. The van der Waals surface area contributed by atoms with E-state index < -0.39 is 0 Å². The van der Waals surface area contributed by atoms with Crippen LogP contribution in [0.15, 0.2) is 24.4 Å². The molecule has 1 N–H and O–H groups in total. The van der Waals surface area contributed by atoms with E-state index in [2.05, 4.69) is 65.0 Å². The zero-order valence-corrected chi connectivity index (χ0v) is 15.6. The van der Waals surface area contributed by atoms with E-state index >= 15 is 0 Å². The second-order valence-electron chi connectivity index (χ2n) is 7.14. The zero-order chi connectivity index (χ0) is 16.6. The summed E-state index contributed by atoms with van der Waals surface area (Å²) in [6.45, 7) is 20.0. The number of unbranched alkanes of at least 4 members (excludes halogenated alkanes) is 2. The molecule has 0 saturated heterocycles. The van der Waals surface area contributed by atoms with Gasteiger partial charge in [0.15, 0.2) is 0 Å². The molecule has 2 heteroatoms. The first-order valence-corrected chi connectivity index (χ1v) is 8.48. The summed E-state index contributed by atoms with van der Waals surface area (Å²) in [7, 11) is 4.19. The molecule has 21 heavy (non-hydrogen) atoms. The van der Waals surface area contributed by atoms with E-state index in [0.29, 0.717) is 12.1 Å². The minimum absolute atomic E-state index is 0.132. The van der Waals surface area contributed by atoms with E-state index in [1.807, 2.05) is 7.05 Å². The molecule has 2 unspecified atom stereocenters. The van der Waals surface area contributed by atoms with Crippen LogP contribution in [0.4, 0.5) is 0 Å². The average Bonchev–Trinajstić information content (AvgIpc) is 2.42. The molecule has 0 saturated carbocycles. The van der Waals surface area contributed by atoms with Crippen LogP contribution in [0.1, 0.15) is 66.7 Å². The van der Waals surface area contributed by atoms with Crippen molar-refractivity contribution in [1.29, 1.82) is 0 Å². The van der Waals surface area contributed by atoms with E-state index in [1.165, 1.54) is 37.0 Å². The molecule has 124 valence electrons. The number of nitrogens with zero attached hydrogens (tertiary/aromatic N) is 1. The van der Waals surface area contributed by atoms with Crippen LogP contribution in [0.5, 0.6) is 0 Å². The zero-order valence-electron chi connectivity index (χ0n) is 15.6. The standard InChI is InChI=1S/C19H38N2/c1-10-12-13-14-18(15(3)19(5,6)7)21(9)16(4)17(11-2)20-8/h17-18,20H,3-4,10-14H2,1-2,5-9H3. The van der Waals surface area contributed by atoms with Gasteiger partial charge in [-0.05, 0) is 30.9 Å². The largest absolute Gasteiger partial charge is 0.370 e. The SMILES string of the molecule is C=C(C(CC)NC)N(C)C(CCCCC)C(=C)C(C)(C)C. The molecule has 0 aliphatic carbocycles. The van der Waals surface area contributed by atoms with Crippen molar-refractivity contribution in [1.82, 2.24) is 10.2 Å². The fourth-order valence-electron chi connectivity index (χ4n) is 2.74. The fourth-order valence-corrected chi connectivity index (χ4v) is 2.74. The Morgan fingerprint density at radius 2 is 1.71 bits per heavy atom. The number of likely N-dealkylation sites (N-methyl/N-ethyl adjacent to an activating group) is 2. The lowest BCUT2D eigenvalue weighted by Crippen LogP contribution is -2.42. The van der Waals surface area contributed by atoms with Gasteiger partial charge in [-0.25, -0.2) is 0 Å². The molecule has 2 atom stereocenters. The first kappa shape index (κ1) is 20.2. The van der Waals surface area contributed by atoms with Crippen LogP contribution in [0.25, 0.3) is 0 Å². The Kier molecular flexibility index (Phi) is 8.96. The molecule has 0 spiro atoms. The molecule has 0 rings (SSSR count). The quantitative estimate of drug-likeness (QED) is 0.451. The van der Waals surface area contributed by atoms with Crippen molar-refractivity contribution < 1.29 is 0 Å². The number of hydrogen-bond acceptors (Lipinski definition) is 2. The van der Waals surface area contributed by atoms with Crippen LogP contribution in [0.2, 0.25) is 0 Å². The molecular weight excluding hydrogens is 256 g/mol. The van der Waals surface area contributed by atoms with Crippen molar-refractivity contribution in [3.05, 3.63) is 24.4 Å². The molecule has 0 aliphatic heterocycles. The highest BCUT2D eigenvalue weighted by molar-refractivity contribution is 5.18. The van der Waals surface area contributed by atoms with Crippen LogP contribution in [0, 0.1) is 5.41 Å². The average molecular weight is 295 g/mol. The topological polar surface area (TPSA) is 15.3 Å². The summed E-state index contributed by atoms with van der Waals surface area (Å²) < 4.78 is 0. The third kappa shape index (κ3) is 6.25. The Hall–Kier alpha value is -0.760. The third-order valence-electron chi connectivity index (χ3n) is 4.53. The maximum absolute atomic E-state index is 4.42. The molecule has 0 aliphatic rings. The molecule has 0 bridgehead atoms. The lowest BCUT2D eigenvalue weighted by Gasteiger charge is -2.40. The van der Waals surface area contributed by atoms with Gasteiger partial charge in [0.25, 0.3) is 0 Å². The summed E-state index contributed by atoms with van der Waals surface area (Å²) in [5.74, 6) is 0. The molecule has 0 amide bonds. The molecule has 0 radical (unpaired) electrons. The van der Waals surface area contributed by atoms with Gasteiger partial charge in [-0.15, -0.1) is 0 Å². The predicted molar refractivity (Wildman–Crippen MR) is 96.6 cm³/mol. The first-order chi connectivity index (χ1) is 9.70. The predicted octanol–water partition coefficient (Wildman–Crippen LogP) is 4.98. The van der Waals surface area contributed by atoms with Gasteiger partial charge >= 0.3 is 0 Å². The highest BCUT2D eigenvalue weighted by Crippen LogP contribution is 2.32. The lowest BCUT2D eigenvalue weighted by molar-refractivity contribution is 0.259. The molecular formula is C19H38N2. The summed E-state index contributed by atoms with van der Waals surface area (Å²) in [5, 5.41) is 3.36. The third-order valence-corrected chi connectivity index (χ3v) is 4.53. The van der Waals surface area contributed by atoms with Crippen molar-refractivity contribution in [3.63, 3.8) is 0 Å². The van der Waals surface area contributed by atoms with Gasteiger partial charge in [-0.2, -0.15) is 0 Å². The van der Waals surface area contributed by atoms with Gasteiger partial charge in [0.05, 0.1) is 0 Å². The number of nitrogens with one attached hydrogen (secondary N) is 1. The fraction of sp³-hybridized carbons (Fsp3) is 0.789. The van der Waals surface area contributed by atoms with Crippen LogP contribution >= 0.6 is 0 Å². The number of hydrogen-bond donors (Lipinski definition) is 1. The summed E-state index contributed by atoms with van der Waals surface area (Å²) in [6.07, 6.45) is 6.03. The van der Waals surface area contributed by atoms with Crippen molar-refractivity contribution in [2.45, 2.75) is 78.8 Å². The molecule has 0 aromatic rings. The maximum atomic E-state index is 4.42. The summed E-state index contributed by atoms with van der Waals surface area (Å²) >= 11 is 0. The minimum Gasteiger partial charge on any atom is -0.370 e. The van der Waals surface area contributed by atoms with E-state index in [1.54, 1.807) is 0 Å². The van der Waals surface area contributed by atoms with Crippen LogP contribution in [-0.4, -0.2) is 31.1 Å². The van der Waals surface area contributed by atoms with Crippen LogP contribution < -0.4 is 5.32 Å². The minimum atomic E-state index is 0.132. The van der Waals surface area contributed by atoms with Crippen molar-refractivity contribution in [2.24, 2.45) is 5.41 Å². The van der Waals surface area contributed by atoms with E-state index in [9.17, 15) is 0 Å². The Balaban J connectivity index is 5.09. The van der Waals surface area contributed by atoms with Gasteiger partial charge in [0, 0.05) is 24.8 Å². The van der Waals surface area contributed by atoms with Crippen molar-refractivity contribution >= 4 is 0 Å². The van der Waals surface area contributed by atoms with Crippen LogP contribution in [-0.2, 0) is 0 Å². The molecule has 0 aromatic carbocycles.